The van der Waals surface area contributed by atoms with Crippen LogP contribution in [0, 0.1) is 0 Å². The summed E-state index contributed by atoms with van der Waals surface area (Å²) in [5.41, 5.74) is 12.2. The smallest absolute Gasteiger partial charge is 0.135 e. The summed E-state index contributed by atoms with van der Waals surface area (Å²) in [5.74, 6) is 1.44. The molecule has 0 spiro atoms. The molecule has 234 valence electrons. The third kappa shape index (κ3) is 4.80. The molecule has 2 heterocycles. The Hall–Kier alpha value is -5.51. The van der Waals surface area contributed by atoms with Crippen LogP contribution in [-0.4, -0.2) is 5.25 Å². The highest BCUT2D eigenvalue weighted by atomic mass is 32.2. The molecule has 49 heavy (non-hydrogen) atoms. The summed E-state index contributed by atoms with van der Waals surface area (Å²) >= 11 is 2.00. The first-order chi connectivity index (χ1) is 24.3. The lowest BCUT2D eigenvalue weighted by Gasteiger charge is -2.28. The topological polar surface area (TPSA) is 16.4 Å². The average Bonchev–Trinajstić information content (AvgIpc) is 3.75. The third-order valence-electron chi connectivity index (χ3n) is 10.3. The van der Waals surface area contributed by atoms with E-state index in [0.717, 1.165) is 41.2 Å². The molecule has 0 amide bonds. The molecule has 2 aliphatic carbocycles. The number of anilines is 3. The first-order valence-electron chi connectivity index (χ1n) is 17.1. The standard InChI is InChI=1S/C46H33NOS/c1-2-9-34(10-3-1)47(36-26-21-31(22-27-36)37-13-8-14-39-38-11-5-7-16-44(38)49-46(37)39)35-24-19-30(20-25-35)33-18-17-32-23-28-43-45(41(32)29-33)40-12-4-6-15-42(40)48-43/h1-5,7-14,16-29,37,46H,6,15H2. The number of rotatable bonds is 5. The van der Waals surface area contributed by atoms with Gasteiger partial charge in [-0.15, -0.1) is 11.8 Å². The fraction of sp³-hybridized carbons (Fsp3) is 0.0870. The Morgan fingerprint density at radius 1 is 0.694 bits per heavy atom. The van der Waals surface area contributed by atoms with Crippen LogP contribution < -0.4 is 4.90 Å². The quantitative estimate of drug-likeness (QED) is 0.185. The minimum Gasteiger partial charge on any atom is -0.460 e. The van der Waals surface area contributed by atoms with Crippen molar-refractivity contribution in [2.45, 2.75) is 28.9 Å². The number of allylic oxidation sites excluding steroid dienone is 4. The molecule has 6 aromatic carbocycles. The van der Waals surface area contributed by atoms with Crippen LogP contribution in [-0.2, 0) is 6.42 Å². The number of thioether (sulfide) groups is 1. The number of furan rings is 1. The highest BCUT2D eigenvalue weighted by molar-refractivity contribution is 8.01. The number of hydrogen-bond donors (Lipinski definition) is 0. The zero-order valence-electron chi connectivity index (χ0n) is 26.9. The molecule has 10 rings (SSSR count). The Balaban J connectivity index is 0.983. The molecule has 0 fully saturated rings. The van der Waals surface area contributed by atoms with Gasteiger partial charge in [0.1, 0.15) is 11.3 Å². The SMILES string of the molecule is C1=CC(c2ccc(N(c3ccccc3)c3ccc(-c4ccc5ccc6oc7c(c6c5c4)C=CCC7)cc3)cc2)C2Sc3ccccc3C2=C1. The van der Waals surface area contributed by atoms with Crippen LogP contribution in [0.4, 0.5) is 17.1 Å². The number of aryl methyl sites for hydroxylation is 1. The summed E-state index contributed by atoms with van der Waals surface area (Å²) < 4.78 is 6.28. The highest BCUT2D eigenvalue weighted by Gasteiger charge is 2.34. The number of nitrogens with zero attached hydrogens (tertiary/aromatic N) is 1. The monoisotopic (exact) mass is 647 g/mol. The van der Waals surface area contributed by atoms with Gasteiger partial charge in [0.15, 0.2) is 0 Å². The van der Waals surface area contributed by atoms with Crippen molar-refractivity contribution in [3.05, 3.63) is 180 Å². The highest BCUT2D eigenvalue weighted by Crippen LogP contribution is 2.52. The molecule has 0 saturated carbocycles. The lowest BCUT2D eigenvalue weighted by atomic mass is 9.85. The zero-order valence-corrected chi connectivity index (χ0v) is 27.7. The maximum Gasteiger partial charge on any atom is 0.135 e. The summed E-state index contributed by atoms with van der Waals surface area (Å²) in [6.45, 7) is 0. The van der Waals surface area contributed by atoms with Crippen LogP contribution in [0.1, 0.15) is 34.8 Å². The van der Waals surface area contributed by atoms with Gasteiger partial charge in [0.25, 0.3) is 0 Å². The Bertz CT molecular complexity index is 2470. The van der Waals surface area contributed by atoms with E-state index in [0.29, 0.717) is 11.2 Å². The molecule has 7 aromatic rings. The normalized spacial score (nSPS) is 17.5. The van der Waals surface area contributed by atoms with Gasteiger partial charge in [-0.25, -0.2) is 0 Å². The van der Waals surface area contributed by atoms with E-state index in [1.165, 1.54) is 54.4 Å². The fourth-order valence-electron chi connectivity index (χ4n) is 7.90. The number of para-hydroxylation sites is 1. The predicted molar refractivity (Wildman–Crippen MR) is 207 cm³/mol. The van der Waals surface area contributed by atoms with E-state index in [1.54, 1.807) is 0 Å². The van der Waals surface area contributed by atoms with E-state index >= 15 is 0 Å². The molecular formula is C46H33NOS. The van der Waals surface area contributed by atoms with E-state index in [2.05, 4.69) is 169 Å². The van der Waals surface area contributed by atoms with Crippen molar-refractivity contribution in [1.82, 2.24) is 0 Å². The van der Waals surface area contributed by atoms with Gasteiger partial charge in [-0.2, -0.15) is 0 Å². The Morgan fingerprint density at radius 2 is 1.43 bits per heavy atom. The second kappa shape index (κ2) is 11.6. The van der Waals surface area contributed by atoms with Crippen molar-refractivity contribution in [3.8, 4) is 11.1 Å². The maximum absolute atomic E-state index is 6.28. The Kier molecular flexibility index (Phi) is 6.73. The van der Waals surface area contributed by atoms with E-state index in [-0.39, 0.29) is 0 Å². The van der Waals surface area contributed by atoms with Gasteiger partial charge in [-0.05, 0) is 99.6 Å². The number of fused-ring (bicyclic) bond motifs is 8. The zero-order chi connectivity index (χ0) is 32.3. The fourth-order valence-corrected chi connectivity index (χ4v) is 9.37. The first kappa shape index (κ1) is 28.5. The van der Waals surface area contributed by atoms with Crippen LogP contribution in [0.3, 0.4) is 0 Å². The average molecular weight is 648 g/mol. The molecule has 2 unspecified atom stereocenters. The molecule has 2 atom stereocenters. The van der Waals surface area contributed by atoms with Crippen molar-refractivity contribution in [2.24, 2.45) is 0 Å². The number of benzene rings is 6. The molecule has 2 nitrogen and oxygen atoms in total. The lowest BCUT2D eigenvalue weighted by Crippen LogP contribution is -2.15. The van der Waals surface area contributed by atoms with Crippen LogP contribution in [0.2, 0.25) is 0 Å². The molecule has 0 bridgehead atoms. The van der Waals surface area contributed by atoms with E-state index in [9.17, 15) is 0 Å². The summed E-state index contributed by atoms with van der Waals surface area (Å²) in [5, 5.41) is 4.12. The molecular weight excluding hydrogens is 615 g/mol. The van der Waals surface area contributed by atoms with Crippen molar-refractivity contribution in [2.75, 3.05) is 4.90 Å². The van der Waals surface area contributed by atoms with Gasteiger partial charge in [0, 0.05) is 50.5 Å². The van der Waals surface area contributed by atoms with Gasteiger partial charge in [-0.1, -0.05) is 109 Å². The molecule has 1 aliphatic heterocycles. The first-order valence-corrected chi connectivity index (χ1v) is 18.0. The summed E-state index contributed by atoms with van der Waals surface area (Å²) in [6.07, 6.45) is 13.4. The van der Waals surface area contributed by atoms with Gasteiger partial charge >= 0.3 is 0 Å². The van der Waals surface area contributed by atoms with Gasteiger partial charge < -0.3 is 9.32 Å². The molecule has 3 aliphatic rings. The van der Waals surface area contributed by atoms with Crippen molar-refractivity contribution >= 4 is 62.2 Å². The van der Waals surface area contributed by atoms with Gasteiger partial charge in [0.05, 0.1) is 0 Å². The molecule has 0 N–H and O–H groups in total. The van der Waals surface area contributed by atoms with Crippen LogP contribution in [0.5, 0.6) is 0 Å². The largest absolute Gasteiger partial charge is 0.460 e. The summed E-state index contributed by atoms with van der Waals surface area (Å²) in [4.78, 5) is 3.74. The lowest BCUT2D eigenvalue weighted by molar-refractivity contribution is 0.546. The number of hydrogen-bond acceptors (Lipinski definition) is 3. The maximum atomic E-state index is 6.28. The van der Waals surface area contributed by atoms with Gasteiger partial charge in [0.2, 0.25) is 0 Å². The molecule has 0 saturated heterocycles. The van der Waals surface area contributed by atoms with Crippen LogP contribution in [0.15, 0.2) is 167 Å². The van der Waals surface area contributed by atoms with Crippen molar-refractivity contribution in [1.29, 1.82) is 0 Å². The Labute approximate surface area is 290 Å². The van der Waals surface area contributed by atoms with Crippen LogP contribution >= 0.6 is 11.8 Å². The minimum atomic E-state index is 0.336. The van der Waals surface area contributed by atoms with Crippen molar-refractivity contribution in [3.63, 3.8) is 0 Å². The van der Waals surface area contributed by atoms with E-state index in [4.69, 9.17) is 4.42 Å². The van der Waals surface area contributed by atoms with E-state index in [1.807, 2.05) is 11.8 Å². The summed E-state index contributed by atoms with van der Waals surface area (Å²) in [6, 6.07) is 48.8. The minimum absolute atomic E-state index is 0.336. The van der Waals surface area contributed by atoms with Crippen LogP contribution in [0.25, 0.3) is 44.5 Å². The second-order valence-corrected chi connectivity index (χ2v) is 14.3. The Morgan fingerprint density at radius 3 is 2.29 bits per heavy atom. The predicted octanol–water partition coefficient (Wildman–Crippen LogP) is 12.9. The molecule has 0 radical (unpaired) electrons. The molecule has 1 aromatic heterocycles. The van der Waals surface area contributed by atoms with Crippen molar-refractivity contribution < 1.29 is 4.42 Å². The van der Waals surface area contributed by atoms with Gasteiger partial charge in [-0.3, -0.25) is 0 Å². The van der Waals surface area contributed by atoms with E-state index < -0.39 is 0 Å². The third-order valence-corrected chi connectivity index (χ3v) is 11.7. The summed E-state index contributed by atoms with van der Waals surface area (Å²) in [7, 11) is 0. The molecule has 3 heteroatoms. The second-order valence-electron chi connectivity index (χ2n) is 13.1.